The number of hydrogen-bond donors (Lipinski definition) is 1. The molecule has 0 spiro atoms. The standard InChI is InChI=1S/C22H16ClFN4O3/c23-15-7-8-16-19(10-15)27(13-20(29)26-12-14-4-3-9-25-11-14)22(31)28(21(16)30)18-6-2-1-5-17(18)24/h1-11H,12-13H2,(H,26,29). The highest BCUT2D eigenvalue weighted by molar-refractivity contribution is 6.31. The topological polar surface area (TPSA) is 86.0 Å². The van der Waals surface area contributed by atoms with Crippen molar-refractivity contribution < 1.29 is 9.18 Å². The fourth-order valence-electron chi connectivity index (χ4n) is 3.24. The summed E-state index contributed by atoms with van der Waals surface area (Å²) in [5.41, 5.74) is -0.770. The van der Waals surface area contributed by atoms with Crippen molar-refractivity contribution in [2.45, 2.75) is 13.1 Å². The molecule has 2 aromatic heterocycles. The third-order valence-electron chi connectivity index (χ3n) is 4.71. The average molecular weight is 439 g/mol. The quantitative estimate of drug-likeness (QED) is 0.519. The zero-order valence-corrected chi connectivity index (χ0v) is 16.8. The molecule has 0 fully saturated rings. The van der Waals surface area contributed by atoms with E-state index in [0.717, 1.165) is 20.8 Å². The number of halogens is 2. The first-order chi connectivity index (χ1) is 15.0. The number of nitrogens with zero attached hydrogens (tertiary/aromatic N) is 3. The van der Waals surface area contributed by atoms with Crippen molar-refractivity contribution in [1.29, 1.82) is 0 Å². The Kier molecular flexibility index (Phi) is 5.64. The second-order valence-electron chi connectivity index (χ2n) is 6.76. The molecule has 1 N–H and O–H groups in total. The van der Waals surface area contributed by atoms with E-state index >= 15 is 0 Å². The fourth-order valence-corrected chi connectivity index (χ4v) is 3.41. The summed E-state index contributed by atoms with van der Waals surface area (Å²) in [6, 6.07) is 13.4. The summed E-state index contributed by atoms with van der Waals surface area (Å²) in [6.45, 7) is -0.169. The summed E-state index contributed by atoms with van der Waals surface area (Å²) in [7, 11) is 0. The molecule has 31 heavy (non-hydrogen) atoms. The molecular formula is C22H16ClFN4O3. The van der Waals surface area contributed by atoms with Gasteiger partial charge in [0.25, 0.3) is 5.56 Å². The van der Waals surface area contributed by atoms with Crippen LogP contribution in [0.5, 0.6) is 0 Å². The zero-order chi connectivity index (χ0) is 22.0. The minimum Gasteiger partial charge on any atom is -0.350 e. The third kappa shape index (κ3) is 4.10. The van der Waals surface area contributed by atoms with Gasteiger partial charge in [-0.3, -0.25) is 19.1 Å². The van der Waals surface area contributed by atoms with Crippen LogP contribution in [0.25, 0.3) is 16.6 Å². The lowest BCUT2D eigenvalue weighted by atomic mass is 10.2. The van der Waals surface area contributed by atoms with Crippen LogP contribution in [0.4, 0.5) is 4.39 Å². The molecule has 2 heterocycles. The van der Waals surface area contributed by atoms with Gasteiger partial charge in [-0.1, -0.05) is 29.8 Å². The highest BCUT2D eigenvalue weighted by atomic mass is 35.5. The minimum absolute atomic E-state index is 0.132. The van der Waals surface area contributed by atoms with Crippen molar-refractivity contribution in [3.63, 3.8) is 0 Å². The van der Waals surface area contributed by atoms with Crippen molar-refractivity contribution in [3.05, 3.63) is 104 Å². The van der Waals surface area contributed by atoms with Gasteiger partial charge in [0.05, 0.1) is 16.6 Å². The molecule has 0 saturated heterocycles. The number of rotatable bonds is 5. The number of para-hydroxylation sites is 1. The highest BCUT2D eigenvalue weighted by Gasteiger charge is 2.18. The normalized spacial score (nSPS) is 10.9. The molecule has 0 saturated carbocycles. The monoisotopic (exact) mass is 438 g/mol. The summed E-state index contributed by atoms with van der Waals surface area (Å²) in [5.74, 6) is -1.20. The Balaban J connectivity index is 1.81. The summed E-state index contributed by atoms with van der Waals surface area (Å²) in [4.78, 5) is 42.8. The van der Waals surface area contributed by atoms with Gasteiger partial charge in [-0.2, -0.15) is 0 Å². The number of aromatic nitrogens is 3. The van der Waals surface area contributed by atoms with Gasteiger partial charge in [0, 0.05) is 24.0 Å². The summed E-state index contributed by atoms with van der Waals surface area (Å²) < 4.78 is 16.2. The molecule has 0 aliphatic carbocycles. The number of carbonyl (C=O) groups is 1. The van der Waals surface area contributed by atoms with E-state index in [2.05, 4.69) is 10.3 Å². The van der Waals surface area contributed by atoms with Gasteiger partial charge < -0.3 is 5.32 Å². The first kappa shape index (κ1) is 20.5. The summed E-state index contributed by atoms with van der Waals surface area (Å²) in [6.07, 6.45) is 3.23. The van der Waals surface area contributed by atoms with Gasteiger partial charge in [0.15, 0.2) is 0 Å². The Bertz CT molecular complexity index is 1400. The molecule has 4 aromatic rings. The SMILES string of the molecule is O=C(Cn1c(=O)n(-c2ccccc2F)c(=O)c2ccc(Cl)cc21)NCc1cccnc1. The minimum atomic E-state index is -0.846. The van der Waals surface area contributed by atoms with Crippen molar-refractivity contribution in [3.8, 4) is 5.69 Å². The van der Waals surface area contributed by atoms with Crippen LogP contribution in [-0.2, 0) is 17.9 Å². The number of pyridine rings is 1. The van der Waals surface area contributed by atoms with Crippen LogP contribution in [0.1, 0.15) is 5.56 Å². The van der Waals surface area contributed by atoms with Crippen LogP contribution in [0, 0.1) is 5.82 Å². The Labute approximate surface area is 180 Å². The van der Waals surface area contributed by atoms with Crippen molar-refractivity contribution >= 4 is 28.4 Å². The smallest absolute Gasteiger partial charge is 0.336 e. The molecule has 4 rings (SSSR count). The van der Waals surface area contributed by atoms with E-state index in [1.165, 1.54) is 36.4 Å². The van der Waals surface area contributed by atoms with E-state index in [4.69, 9.17) is 11.6 Å². The third-order valence-corrected chi connectivity index (χ3v) is 4.95. The second kappa shape index (κ2) is 8.53. The molecule has 9 heteroatoms. The zero-order valence-electron chi connectivity index (χ0n) is 16.1. The predicted octanol–water partition coefficient (Wildman–Crippen LogP) is 2.66. The number of carbonyl (C=O) groups excluding carboxylic acids is 1. The lowest BCUT2D eigenvalue weighted by molar-refractivity contribution is -0.121. The van der Waals surface area contributed by atoms with E-state index in [9.17, 15) is 18.8 Å². The Hall–Kier alpha value is -3.78. The molecule has 0 unspecified atom stereocenters. The molecule has 2 aromatic carbocycles. The molecule has 0 aliphatic rings. The van der Waals surface area contributed by atoms with Gasteiger partial charge in [0.1, 0.15) is 12.4 Å². The fraction of sp³-hybridized carbons (Fsp3) is 0.0909. The van der Waals surface area contributed by atoms with Crippen LogP contribution >= 0.6 is 11.6 Å². The van der Waals surface area contributed by atoms with Crippen LogP contribution in [0.15, 0.2) is 76.6 Å². The van der Waals surface area contributed by atoms with Gasteiger partial charge in [0.2, 0.25) is 5.91 Å². The Morgan fingerprint density at radius 1 is 1.10 bits per heavy atom. The first-order valence-electron chi connectivity index (χ1n) is 9.31. The van der Waals surface area contributed by atoms with E-state index < -0.39 is 23.0 Å². The molecule has 0 aliphatic heterocycles. The van der Waals surface area contributed by atoms with E-state index in [1.807, 2.05) is 0 Å². The molecule has 1 amide bonds. The van der Waals surface area contributed by atoms with Crippen LogP contribution in [0.2, 0.25) is 5.02 Å². The number of amides is 1. The maximum atomic E-state index is 14.4. The number of hydrogen-bond acceptors (Lipinski definition) is 4. The van der Waals surface area contributed by atoms with Crippen LogP contribution < -0.4 is 16.6 Å². The number of fused-ring (bicyclic) bond motifs is 1. The van der Waals surface area contributed by atoms with Crippen molar-refractivity contribution in [2.24, 2.45) is 0 Å². The predicted molar refractivity (Wildman–Crippen MR) is 115 cm³/mol. The summed E-state index contributed by atoms with van der Waals surface area (Å²) in [5, 5.41) is 3.13. The van der Waals surface area contributed by atoms with Gasteiger partial charge in [-0.05, 0) is 42.0 Å². The van der Waals surface area contributed by atoms with E-state index in [1.54, 1.807) is 24.5 Å². The highest BCUT2D eigenvalue weighted by Crippen LogP contribution is 2.17. The second-order valence-corrected chi connectivity index (χ2v) is 7.20. The number of benzene rings is 2. The van der Waals surface area contributed by atoms with Crippen molar-refractivity contribution in [1.82, 2.24) is 19.4 Å². The van der Waals surface area contributed by atoms with E-state index in [-0.39, 0.29) is 29.7 Å². The molecular weight excluding hydrogens is 423 g/mol. The van der Waals surface area contributed by atoms with Crippen LogP contribution in [-0.4, -0.2) is 20.0 Å². The van der Waals surface area contributed by atoms with Crippen molar-refractivity contribution in [2.75, 3.05) is 0 Å². The lowest BCUT2D eigenvalue weighted by Gasteiger charge is -2.15. The van der Waals surface area contributed by atoms with Gasteiger partial charge in [-0.15, -0.1) is 0 Å². The summed E-state index contributed by atoms with van der Waals surface area (Å²) >= 11 is 6.06. The molecule has 7 nitrogen and oxygen atoms in total. The molecule has 0 radical (unpaired) electrons. The Morgan fingerprint density at radius 3 is 2.65 bits per heavy atom. The molecule has 156 valence electrons. The molecule has 0 atom stereocenters. The average Bonchev–Trinajstić information content (AvgIpc) is 2.77. The maximum Gasteiger partial charge on any atom is 0.336 e. The van der Waals surface area contributed by atoms with Gasteiger partial charge >= 0.3 is 5.69 Å². The largest absolute Gasteiger partial charge is 0.350 e. The van der Waals surface area contributed by atoms with Crippen LogP contribution in [0.3, 0.4) is 0 Å². The lowest BCUT2D eigenvalue weighted by Crippen LogP contribution is -2.42. The maximum absolute atomic E-state index is 14.4. The molecule has 0 bridgehead atoms. The number of nitrogens with one attached hydrogen (secondary N) is 1. The first-order valence-corrected chi connectivity index (χ1v) is 9.69. The van der Waals surface area contributed by atoms with E-state index in [0.29, 0.717) is 5.02 Å². The Morgan fingerprint density at radius 2 is 1.90 bits per heavy atom. The van der Waals surface area contributed by atoms with Gasteiger partial charge in [-0.25, -0.2) is 13.8 Å².